The smallest absolute Gasteiger partial charge is 0.175 e. The van der Waals surface area contributed by atoms with E-state index in [1.54, 1.807) is 7.11 Å². The summed E-state index contributed by atoms with van der Waals surface area (Å²) in [5.41, 5.74) is 2.13. The predicted molar refractivity (Wildman–Crippen MR) is 117 cm³/mol. The Kier molecular flexibility index (Phi) is 5.56. The monoisotopic (exact) mass is 461 g/mol. The van der Waals surface area contributed by atoms with Crippen LogP contribution < -0.4 is 9.47 Å². The van der Waals surface area contributed by atoms with Crippen LogP contribution in [0.5, 0.6) is 11.5 Å². The van der Waals surface area contributed by atoms with Gasteiger partial charge in [0.15, 0.2) is 16.7 Å². The normalized spacial score (nSPS) is 23.7. The lowest BCUT2D eigenvalue weighted by Gasteiger charge is -2.28. The van der Waals surface area contributed by atoms with E-state index in [-0.39, 0.29) is 18.2 Å². The summed E-state index contributed by atoms with van der Waals surface area (Å²) >= 11 is 5.53. The number of benzene rings is 1. The molecule has 1 aromatic heterocycles. The van der Waals surface area contributed by atoms with Crippen molar-refractivity contribution >= 4 is 32.9 Å². The molecule has 0 unspecified atom stereocenters. The van der Waals surface area contributed by atoms with Crippen LogP contribution in [0.4, 0.5) is 0 Å². The molecule has 0 amide bonds. The molecule has 0 spiro atoms. The zero-order valence-electron chi connectivity index (χ0n) is 16.4. The summed E-state index contributed by atoms with van der Waals surface area (Å²) in [5.74, 6) is 1.46. The molecule has 1 saturated heterocycles. The van der Waals surface area contributed by atoms with Gasteiger partial charge in [-0.3, -0.25) is 9.98 Å². The molecule has 2 aliphatic rings. The van der Waals surface area contributed by atoms with Gasteiger partial charge in [0.25, 0.3) is 0 Å². The lowest BCUT2D eigenvalue weighted by atomic mass is 9.96. The highest BCUT2D eigenvalue weighted by Gasteiger charge is 2.44. The summed E-state index contributed by atoms with van der Waals surface area (Å²) in [4.78, 5) is 12.0. The number of halogens is 1. The fourth-order valence-electron chi connectivity index (χ4n) is 3.74. The first-order valence-corrected chi connectivity index (χ1v) is 11.1. The number of pyridine rings is 1. The van der Waals surface area contributed by atoms with E-state index in [1.807, 2.05) is 43.9 Å². The van der Waals surface area contributed by atoms with Crippen molar-refractivity contribution in [2.24, 2.45) is 4.99 Å². The average Bonchev–Trinajstić information content (AvgIpc) is 3.19. The second-order valence-electron chi connectivity index (χ2n) is 7.34. The van der Waals surface area contributed by atoms with E-state index in [0.717, 1.165) is 38.9 Å². The number of hydrogen-bond donors (Lipinski definition) is 0. The van der Waals surface area contributed by atoms with Gasteiger partial charge < -0.3 is 14.4 Å². The Labute approximate surface area is 178 Å². The molecule has 2 aromatic rings. The summed E-state index contributed by atoms with van der Waals surface area (Å²) < 4.78 is 12.5. The third-order valence-electron chi connectivity index (χ3n) is 4.83. The Morgan fingerprint density at radius 3 is 2.79 bits per heavy atom. The van der Waals surface area contributed by atoms with Gasteiger partial charge in [-0.1, -0.05) is 24.8 Å². The van der Waals surface area contributed by atoms with Crippen LogP contribution in [0.3, 0.4) is 0 Å². The van der Waals surface area contributed by atoms with Crippen LogP contribution in [-0.2, 0) is 0 Å². The molecule has 3 heterocycles. The molecular weight excluding hydrogens is 438 g/mol. The first kappa shape index (κ1) is 19.6. The highest BCUT2D eigenvalue weighted by molar-refractivity contribution is 9.10. The van der Waals surface area contributed by atoms with E-state index >= 15 is 0 Å². The number of hydrogen-bond acceptors (Lipinski definition) is 6. The van der Waals surface area contributed by atoms with Gasteiger partial charge in [0.2, 0.25) is 0 Å². The molecule has 4 rings (SSSR count). The van der Waals surface area contributed by atoms with Gasteiger partial charge in [0.05, 0.1) is 29.4 Å². The lowest BCUT2D eigenvalue weighted by molar-refractivity contribution is 0.228. The number of rotatable bonds is 5. The molecule has 5 nitrogen and oxygen atoms in total. The summed E-state index contributed by atoms with van der Waals surface area (Å²) in [6.45, 7) is 7.24. The Morgan fingerprint density at radius 2 is 2.11 bits per heavy atom. The van der Waals surface area contributed by atoms with E-state index in [0.29, 0.717) is 5.25 Å². The van der Waals surface area contributed by atoms with Gasteiger partial charge in [0.1, 0.15) is 6.04 Å². The van der Waals surface area contributed by atoms with Gasteiger partial charge in [-0.15, -0.1) is 0 Å². The zero-order chi connectivity index (χ0) is 19.8. The van der Waals surface area contributed by atoms with Gasteiger partial charge in [0, 0.05) is 18.0 Å². The summed E-state index contributed by atoms with van der Waals surface area (Å²) in [6.07, 6.45) is 1.90. The largest absolute Gasteiger partial charge is 0.493 e. The minimum atomic E-state index is -0.0373. The number of aliphatic imine (C=N–C) groups is 1. The number of methoxy groups -OCH3 is 1. The Balaban J connectivity index is 1.78. The number of amidine groups is 1. The van der Waals surface area contributed by atoms with Crippen molar-refractivity contribution in [2.75, 3.05) is 13.7 Å². The fourth-order valence-corrected chi connectivity index (χ4v) is 5.38. The quantitative estimate of drug-likeness (QED) is 0.609. The van der Waals surface area contributed by atoms with Crippen LogP contribution >= 0.6 is 27.7 Å². The SMILES string of the molecule is COc1cc([C@@H]2[C@@H](c3ccccn3)N=C3S[C@@H](C)CN32)cc(Br)c1OC(C)C. The van der Waals surface area contributed by atoms with Crippen LogP contribution in [0.1, 0.15) is 44.1 Å². The standard InChI is InChI=1S/C21H24BrN3O2S/c1-12(2)27-20-15(22)9-14(10-17(20)26-4)19-18(16-7-5-6-8-23-16)24-21-25(19)11-13(3)28-21/h5-10,12-13,18-19H,11H2,1-4H3/t13-,18+,19+/m0/s1. The minimum Gasteiger partial charge on any atom is -0.493 e. The van der Waals surface area contributed by atoms with Crippen molar-refractivity contribution in [1.82, 2.24) is 9.88 Å². The maximum Gasteiger partial charge on any atom is 0.175 e. The zero-order valence-corrected chi connectivity index (χ0v) is 18.8. The molecule has 1 fully saturated rings. The van der Waals surface area contributed by atoms with Gasteiger partial charge >= 0.3 is 0 Å². The number of aromatic nitrogens is 1. The van der Waals surface area contributed by atoms with Crippen molar-refractivity contribution in [1.29, 1.82) is 0 Å². The van der Waals surface area contributed by atoms with E-state index in [9.17, 15) is 0 Å². The van der Waals surface area contributed by atoms with Crippen molar-refractivity contribution in [3.8, 4) is 11.5 Å². The second kappa shape index (κ2) is 7.95. The van der Waals surface area contributed by atoms with Crippen LogP contribution in [0, 0.1) is 0 Å². The topological polar surface area (TPSA) is 47.0 Å². The third-order valence-corrected chi connectivity index (χ3v) is 6.52. The van der Waals surface area contributed by atoms with Crippen LogP contribution in [0.2, 0.25) is 0 Å². The van der Waals surface area contributed by atoms with Gasteiger partial charge in [-0.25, -0.2) is 0 Å². The van der Waals surface area contributed by atoms with E-state index < -0.39 is 0 Å². The average molecular weight is 462 g/mol. The van der Waals surface area contributed by atoms with E-state index in [4.69, 9.17) is 14.5 Å². The first-order chi connectivity index (χ1) is 13.5. The van der Waals surface area contributed by atoms with Gasteiger partial charge in [-0.2, -0.15) is 0 Å². The first-order valence-electron chi connectivity index (χ1n) is 9.44. The molecule has 0 bridgehead atoms. The van der Waals surface area contributed by atoms with Crippen LogP contribution in [0.15, 0.2) is 46.0 Å². The Morgan fingerprint density at radius 1 is 1.29 bits per heavy atom. The molecule has 28 heavy (non-hydrogen) atoms. The molecule has 1 aromatic carbocycles. The molecule has 0 saturated carbocycles. The Hall–Kier alpha value is -1.73. The molecule has 3 atom stereocenters. The Bertz CT molecular complexity index is 891. The maximum atomic E-state index is 5.97. The molecule has 2 aliphatic heterocycles. The summed E-state index contributed by atoms with van der Waals surface area (Å²) in [7, 11) is 1.68. The van der Waals surface area contributed by atoms with Crippen molar-refractivity contribution in [3.63, 3.8) is 0 Å². The highest BCUT2D eigenvalue weighted by Crippen LogP contribution is 2.50. The third kappa shape index (κ3) is 3.62. The number of thioether (sulfide) groups is 1. The summed E-state index contributed by atoms with van der Waals surface area (Å²) in [6, 6.07) is 10.3. The highest BCUT2D eigenvalue weighted by atomic mass is 79.9. The number of ether oxygens (including phenoxy) is 2. The fraction of sp³-hybridized carbons (Fsp3) is 0.429. The van der Waals surface area contributed by atoms with E-state index in [2.05, 4.69) is 50.9 Å². The van der Waals surface area contributed by atoms with Crippen molar-refractivity contribution in [3.05, 3.63) is 52.3 Å². The van der Waals surface area contributed by atoms with Crippen LogP contribution in [-0.4, -0.2) is 40.1 Å². The van der Waals surface area contributed by atoms with Crippen molar-refractivity contribution < 1.29 is 9.47 Å². The maximum absolute atomic E-state index is 5.97. The molecule has 0 aliphatic carbocycles. The molecule has 7 heteroatoms. The molecule has 148 valence electrons. The van der Waals surface area contributed by atoms with Crippen molar-refractivity contribution in [2.45, 2.75) is 44.2 Å². The lowest BCUT2D eigenvalue weighted by Crippen LogP contribution is -2.28. The van der Waals surface area contributed by atoms with Gasteiger partial charge in [-0.05, 0) is 59.6 Å². The minimum absolute atomic E-state index is 0.0373. The number of fused-ring (bicyclic) bond motifs is 1. The van der Waals surface area contributed by atoms with Crippen LogP contribution in [0.25, 0.3) is 0 Å². The summed E-state index contributed by atoms with van der Waals surface area (Å²) in [5, 5.41) is 1.63. The molecule has 0 radical (unpaired) electrons. The molecular formula is C21H24BrN3O2S. The molecule has 0 N–H and O–H groups in total. The van der Waals surface area contributed by atoms with E-state index in [1.165, 1.54) is 0 Å². The predicted octanol–water partition coefficient (Wildman–Crippen LogP) is 5.23. The number of nitrogens with zero attached hydrogens (tertiary/aromatic N) is 3. The second-order valence-corrected chi connectivity index (χ2v) is 9.60.